The van der Waals surface area contributed by atoms with Crippen LogP contribution in [0.25, 0.3) is 0 Å². The number of ether oxygens (including phenoxy) is 1. The van der Waals surface area contributed by atoms with Gasteiger partial charge in [-0.3, -0.25) is 4.79 Å². The Bertz CT molecular complexity index is 389. The van der Waals surface area contributed by atoms with E-state index in [1.54, 1.807) is 4.90 Å². The molecule has 0 aromatic rings. The van der Waals surface area contributed by atoms with E-state index in [0.717, 1.165) is 25.9 Å². The lowest BCUT2D eigenvalue weighted by atomic mass is 10.1. The summed E-state index contributed by atoms with van der Waals surface area (Å²) in [6.07, 6.45) is 3.15. The van der Waals surface area contributed by atoms with Gasteiger partial charge in [0.25, 0.3) is 0 Å². The summed E-state index contributed by atoms with van der Waals surface area (Å²) in [5.41, 5.74) is 0. The second kappa shape index (κ2) is 4.91. The lowest BCUT2D eigenvalue weighted by Crippen LogP contribution is -2.38. The molecule has 0 spiro atoms. The zero-order chi connectivity index (χ0) is 12.5. The zero-order valence-corrected chi connectivity index (χ0v) is 10.5. The van der Waals surface area contributed by atoms with Crippen LogP contribution in [0.15, 0.2) is 0 Å². The van der Waals surface area contributed by atoms with E-state index >= 15 is 0 Å². The number of carbonyl (C=O) groups is 1. The van der Waals surface area contributed by atoms with Gasteiger partial charge in [-0.05, 0) is 19.3 Å². The Kier molecular flexibility index (Phi) is 3.70. The molecule has 6 nitrogen and oxygen atoms in total. The van der Waals surface area contributed by atoms with Gasteiger partial charge in [-0.15, -0.1) is 0 Å². The number of sulfonamides is 1. The largest absolute Gasteiger partial charge is 0.376 e. The molecule has 2 unspecified atom stereocenters. The van der Waals surface area contributed by atoms with Gasteiger partial charge < -0.3 is 9.64 Å². The Labute approximate surface area is 101 Å². The summed E-state index contributed by atoms with van der Waals surface area (Å²) in [4.78, 5) is 13.2. The first-order valence-corrected chi connectivity index (χ1v) is 7.49. The third kappa shape index (κ3) is 3.17. The van der Waals surface area contributed by atoms with E-state index in [-0.39, 0.29) is 25.0 Å². The summed E-state index contributed by atoms with van der Waals surface area (Å²) in [6, 6.07) is 0. The number of hydrogen-bond acceptors (Lipinski definition) is 4. The fourth-order valence-electron chi connectivity index (χ4n) is 2.33. The maximum atomic E-state index is 11.7. The van der Waals surface area contributed by atoms with Crippen molar-refractivity contribution in [2.24, 2.45) is 5.14 Å². The molecule has 0 saturated carbocycles. The molecule has 2 heterocycles. The van der Waals surface area contributed by atoms with Crippen molar-refractivity contribution in [2.45, 2.75) is 37.0 Å². The molecule has 2 fully saturated rings. The van der Waals surface area contributed by atoms with Gasteiger partial charge in [0, 0.05) is 26.1 Å². The minimum absolute atomic E-state index is 0.00551. The van der Waals surface area contributed by atoms with Gasteiger partial charge in [0.2, 0.25) is 15.9 Å². The van der Waals surface area contributed by atoms with Gasteiger partial charge in [-0.1, -0.05) is 0 Å². The average molecular weight is 262 g/mol. The van der Waals surface area contributed by atoms with Crippen molar-refractivity contribution in [3.05, 3.63) is 0 Å². The first-order chi connectivity index (χ1) is 7.97. The van der Waals surface area contributed by atoms with E-state index in [1.807, 2.05) is 0 Å². The normalized spacial score (nSPS) is 30.9. The van der Waals surface area contributed by atoms with Gasteiger partial charge in [0.15, 0.2) is 0 Å². The molecule has 7 heteroatoms. The molecular formula is C10H18N2O4S. The average Bonchev–Trinajstić information content (AvgIpc) is 2.62. The highest BCUT2D eigenvalue weighted by molar-refractivity contribution is 7.89. The van der Waals surface area contributed by atoms with Crippen molar-refractivity contribution in [3.63, 3.8) is 0 Å². The van der Waals surface area contributed by atoms with Gasteiger partial charge in [0.05, 0.1) is 6.10 Å². The summed E-state index contributed by atoms with van der Waals surface area (Å²) in [5, 5.41) is 4.31. The fourth-order valence-corrected chi connectivity index (χ4v) is 3.09. The van der Waals surface area contributed by atoms with E-state index in [2.05, 4.69) is 0 Å². The molecule has 2 saturated heterocycles. The highest BCUT2D eigenvalue weighted by atomic mass is 32.2. The van der Waals surface area contributed by atoms with E-state index in [9.17, 15) is 13.2 Å². The summed E-state index contributed by atoms with van der Waals surface area (Å²) in [6.45, 7) is 1.42. The standard InChI is InChI=1S/C10H18N2O4S/c11-17(14,15)9-5-10(13)12(7-9)6-8-3-1-2-4-16-8/h8-9H,1-7H2,(H2,11,14,15). The molecule has 0 bridgehead atoms. The molecule has 2 N–H and O–H groups in total. The molecule has 17 heavy (non-hydrogen) atoms. The fraction of sp³-hybridized carbons (Fsp3) is 0.900. The van der Waals surface area contributed by atoms with Gasteiger partial charge in [-0.2, -0.15) is 0 Å². The summed E-state index contributed by atoms with van der Waals surface area (Å²) < 4.78 is 27.9. The van der Waals surface area contributed by atoms with Crippen molar-refractivity contribution < 1.29 is 17.9 Å². The molecule has 1 amide bonds. The van der Waals surface area contributed by atoms with E-state index in [1.165, 1.54) is 0 Å². The molecule has 0 aromatic carbocycles. The molecule has 2 aliphatic rings. The molecular weight excluding hydrogens is 244 g/mol. The van der Waals surface area contributed by atoms with Crippen molar-refractivity contribution in [1.29, 1.82) is 0 Å². The highest BCUT2D eigenvalue weighted by Crippen LogP contribution is 2.20. The highest BCUT2D eigenvalue weighted by Gasteiger charge is 2.37. The molecule has 0 aromatic heterocycles. The Hall–Kier alpha value is -0.660. The summed E-state index contributed by atoms with van der Waals surface area (Å²) in [5.74, 6) is -0.141. The quantitative estimate of drug-likeness (QED) is 0.738. The van der Waals surface area contributed by atoms with Gasteiger partial charge >= 0.3 is 0 Å². The number of rotatable bonds is 3. The zero-order valence-electron chi connectivity index (χ0n) is 9.67. The maximum absolute atomic E-state index is 11.7. The van der Waals surface area contributed by atoms with Gasteiger partial charge in [-0.25, -0.2) is 13.6 Å². The lowest BCUT2D eigenvalue weighted by molar-refractivity contribution is -0.130. The second-order valence-corrected chi connectivity index (χ2v) is 6.55. The second-order valence-electron chi connectivity index (χ2n) is 4.70. The van der Waals surface area contributed by atoms with Crippen LogP contribution in [-0.4, -0.2) is 50.3 Å². The van der Waals surface area contributed by atoms with Crippen LogP contribution < -0.4 is 5.14 Å². The Morgan fingerprint density at radius 2 is 2.18 bits per heavy atom. The molecule has 2 atom stereocenters. The topological polar surface area (TPSA) is 89.7 Å². The van der Waals surface area contributed by atoms with Crippen LogP contribution in [0, 0.1) is 0 Å². The summed E-state index contributed by atoms with van der Waals surface area (Å²) in [7, 11) is -3.61. The van der Waals surface area contributed by atoms with Gasteiger partial charge in [0.1, 0.15) is 5.25 Å². The van der Waals surface area contributed by atoms with Crippen LogP contribution in [0.4, 0.5) is 0 Å². The molecule has 98 valence electrons. The first kappa shape index (κ1) is 12.8. The number of amides is 1. The maximum Gasteiger partial charge on any atom is 0.224 e. The van der Waals surface area contributed by atoms with Crippen LogP contribution in [0.3, 0.4) is 0 Å². The molecule has 2 aliphatic heterocycles. The van der Waals surface area contributed by atoms with E-state index < -0.39 is 15.3 Å². The van der Waals surface area contributed by atoms with Crippen molar-refractivity contribution in [2.75, 3.05) is 19.7 Å². The monoisotopic (exact) mass is 262 g/mol. The molecule has 2 rings (SSSR count). The number of nitrogens with zero attached hydrogens (tertiary/aromatic N) is 1. The third-order valence-electron chi connectivity index (χ3n) is 3.34. The number of carbonyl (C=O) groups excluding carboxylic acids is 1. The minimum atomic E-state index is -3.61. The lowest BCUT2D eigenvalue weighted by Gasteiger charge is -2.27. The number of hydrogen-bond donors (Lipinski definition) is 1. The molecule has 0 aliphatic carbocycles. The van der Waals surface area contributed by atoms with Crippen molar-refractivity contribution >= 4 is 15.9 Å². The minimum Gasteiger partial charge on any atom is -0.376 e. The smallest absolute Gasteiger partial charge is 0.224 e. The van der Waals surface area contributed by atoms with E-state index in [0.29, 0.717) is 6.54 Å². The van der Waals surface area contributed by atoms with Crippen LogP contribution in [-0.2, 0) is 19.6 Å². The number of likely N-dealkylation sites (tertiary alicyclic amines) is 1. The van der Waals surface area contributed by atoms with Crippen molar-refractivity contribution in [3.8, 4) is 0 Å². The van der Waals surface area contributed by atoms with Crippen LogP contribution in [0.2, 0.25) is 0 Å². The summed E-state index contributed by atoms with van der Waals surface area (Å²) >= 11 is 0. The molecule has 0 radical (unpaired) electrons. The Morgan fingerprint density at radius 1 is 1.41 bits per heavy atom. The number of nitrogens with two attached hydrogens (primary N) is 1. The predicted molar refractivity (Wildman–Crippen MR) is 61.7 cm³/mol. The van der Waals surface area contributed by atoms with Crippen LogP contribution in [0.1, 0.15) is 25.7 Å². The van der Waals surface area contributed by atoms with E-state index in [4.69, 9.17) is 9.88 Å². The Morgan fingerprint density at radius 3 is 2.71 bits per heavy atom. The third-order valence-corrected chi connectivity index (χ3v) is 4.59. The number of primary sulfonamides is 1. The SMILES string of the molecule is NS(=O)(=O)C1CC(=O)N(CC2CCCCO2)C1. The van der Waals surface area contributed by atoms with Crippen LogP contribution >= 0.6 is 0 Å². The predicted octanol–water partition coefficient (Wildman–Crippen LogP) is -0.555. The first-order valence-electron chi connectivity index (χ1n) is 5.88. The Balaban J connectivity index is 1.92. The van der Waals surface area contributed by atoms with Crippen LogP contribution in [0.5, 0.6) is 0 Å². The van der Waals surface area contributed by atoms with Crippen molar-refractivity contribution in [1.82, 2.24) is 4.90 Å².